The minimum atomic E-state index is -2.27. The third kappa shape index (κ3) is 1.47. The normalized spacial score (nSPS) is 19.6. The molecular weight excluding hydrogens is 184 g/mol. The van der Waals surface area contributed by atoms with Crippen molar-refractivity contribution in [2.45, 2.75) is 25.7 Å². The lowest BCUT2D eigenvalue weighted by Crippen LogP contribution is -2.11. The summed E-state index contributed by atoms with van der Waals surface area (Å²) in [6.07, 6.45) is -1.38. The zero-order valence-electron chi connectivity index (χ0n) is 8.06. The van der Waals surface area contributed by atoms with Gasteiger partial charge in [-0.25, -0.2) is 8.78 Å². The summed E-state index contributed by atoms with van der Waals surface area (Å²) in [5.74, 6) is -0.628. The van der Waals surface area contributed by atoms with Gasteiger partial charge in [0.25, 0.3) is 0 Å². The molecule has 1 aromatic carbocycles. The molecule has 1 nitrogen and oxygen atoms in total. The van der Waals surface area contributed by atoms with E-state index in [1.807, 2.05) is 25.1 Å². The van der Waals surface area contributed by atoms with Gasteiger partial charge in [0.05, 0.1) is 5.92 Å². The van der Waals surface area contributed by atoms with Gasteiger partial charge in [0, 0.05) is 12.2 Å². The van der Waals surface area contributed by atoms with E-state index in [9.17, 15) is 8.78 Å². The van der Waals surface area contributed by atoms with Crippen molar-refractivity contribution in [3.05, 3.63) is 29.3 Å². The molecule has 1 atom stereocenters. The fourth-order valence-electron chi connectivity index (χ4n) is 1.85. The van der Waals surface area contributed by atoms with Crippen LogP contribution in [0, 0.1) is 0 Å². The molecule has 0 saturated carbocycles. The van der Waals surface area contributed by atoms with Crippen LogP contribution in [0.2, 0.25) is 0 Å². The van der Waals surface area contributed by atoms with E-state index in [0.717, 1.165) is 23.2 Å². The molecule has 0 aliphatic carbocycles. The Kier molecular flexibility index (Phi) is 2.40. The van der Waals surface area contributed by atoms with Gasteiger partial charge in [0.15, 0.2) is 0 Å². The minimum Gasteiger partial charge on any atom is -0.384 e. The standard InChI is InChI=1S/C11H13F2N/c1-2-7-3-4-10-8(5-7)9(6-14-10)11(12)13/h3-5,9,11,14H,2,6H2,1H3. The largest absolute Gasteiger partial charge is 0.384 e. The second-order valence-electron chi connectivity index (χ2n) is 3.60. The quantitative estimate of drug-likeness (QED) is 0.768. The van der Waals surface area contributed by atoms with Gasteiger partial charge in [-0.15, -0.1) is 0 Å². The van der Waals surface area contributed by atoms with Crippen LogP contribution in [0.3, 0.4) is 0 Å². The molecule has 0 spiro atoms. The second-order valence-corrected chi connectivity index (χ2v) is 3.60. The van der Waals surface area contributed by atoms with Crippen molar-refractivity contribution < 1.29 is 8.78 Å². The van der Waals surface area contributed by atoms with E-state index in [2.05, 4.69) is 5.32 Å². The van der Waals surface area contributed by atoms with Crippen molar-refractivity contribution in [2.75, 3.05) is 11.9 Å². The van der Waals surface area contributed by atoms with Crippen LogP contribution in [0.5, 0.6) is 0 Å². The molecule has 1 aromatic rings. The lowest BCUT2D eigenvalue weighted by Gasteiger charge is -2.09. The first-order valence-corrected chi connectivity index (χ1v) is 4.87. The number of rotatable bonds is 2. The van der Waals surface area contributed by atoms with Gasteiger partial charge in [-0.05, 0) is 23.6 Å². The monoisotopic (exact) mass is 197 g/mol. The molecule has 3 heteroatoms. The molecule has 76 valence electrons. The van der Waals surface area contributed by atoms with Gasteiger partial charge in [-0.2, -0.15) is 0 Å². The number of aryl methyl sites for hydroxylation is 1. The highest BCUT2D eigenvalue weighted by atomic mass is 19.3. The van der Waals surface area contributed by atoms with E-state index in [4.69, 9.17) is 0 Å². The summed E-state index contributed by atoms with van der Waals surface area (Å²) in [5.41, 5.74) is 2.77. The summed E-state index contributed by atoms with van der Waals surface area (Å²) in [4.78, 5) is 0. The van der Waals surface area contributed by atoms with E-state index < -0.39 is 12.3 Å². The van der Waals surface area contributed by atoms with Crippen molar-refractivity contribution in [1.29, 1.82) is 0 Å². The smallest absolute Gasteiger partial charge is 0.247 e. The zero-order chi connectivity index (χ0) is 10.1. The van der Waals surface area contributed by atoms with Crippen LogP contribution < -0.4 is 5.32 Å². The number of hydrogen-bond acceptors (Lipinski definition) is 1. The Morgan fingerprint density at radius 2 is 2.29 bits per heavy atom. The van der Waals surface area contributed by atoms with Gasteiger partial charge in [-0.3, -0.25) is 0 Å². The van der Waals surface area contributed by atoms with Gasteiger partial charge in [-0.1, -0.05) is 19.1 Å². The number of alkyl halides is 2. The van der Waals surface area contributed by atoms with Crippen LogP contribution in [0.1, 0.15) is 24.0 Å². The maximum atomic E-state index is 12.6. The first kappa shape index (κ1) is 9.44. The Bertz CT molecular complexity index is 336. The van der Waals surface area contributed by atoms with E-state index >= 15 is 0 Å². The van der Waals surface area contributed by atoms with E-state index in [1.165, 1.54) is 0 Å². The molecule has 0 bridgehead atoms. The molecule has 1 unspecified atom stereocenters. The molecule has 0 saturated heterocycles. The molecule has 1 heterocycles. The first-order valence-electron chi connectivity index (χ1n) is 4.87. The third-order valence-electron chi connectivity index (χ3n) is 2.74. The molecule has 2 rings (SSSR count). The highest BCUT2D eigenvalue weighted by Crippen LogP contribution is 2.35. The molecule has 0 radical (unpaired) electrons. The average Bonchev–Trinajstić information content (AvgIpc) is 2.59. The predicted molar refractivity (Wildman–Crippen MR) is 53.1 cm³/mol. The molecule has 14 heavy (non-hydrogen) atoms. The number of nitrogens with one attached hydrogen (secondary N) is 1. The van der Waals surface area contributed by atoms with Crippen molar-refractivity contribution >= 4 is 5.69 Å². The number of fused-ring (bicyclic) bond motifs is 1. The summed E-state index contributed by atoms with van der Waals surface area (Å²) >= 11 is 0. The number of halogens is 2. The van der Waals surface area contributed by atoms with Gasteiger partial charge >= 0.3 is 0 Å². The summed E-state index contributed by atoms with van der Waals surface area (Å²) in [6, 6.07) is 5.78. The summed E-state index contributed by atoms with van der Waals surface area (Å²) in [6.45, 7) is 2.39. The lowest BCUT2D eigenvalue weighted by atomic mass is 9.99. The topological polar surface area (TPSA) is 12.0 Å². The Morgan fingerprint density at radius 3 is 2.93 bits per heavy atom. The van der Waals surface area contributed by atoms with Crippen LogP contribution in [0.15, 0.2) is 18.2 Å². The maximum absolute atomic E-state index is 12.6. The van der Waals surface area contributed by atoms with Crippen LogP contribution in [-0.2, 0) is 6.42 Å². The third-order valence-corrected chi connectivity index (χ3v) is 2.74. The highest BCUT2D eigenvalue weighted by molar-refractivity contribution is 5.59. The van der Waals surface area contributed by atoms with Crippen LogP contribution in [0.4, 0.5) is 14.5 Å². The Morgan fingerprint density at radius 1 is 1.50 bits per heavy atom. The van der Waals surface area contributed by atoms with Crippen LogP contribution >= 0.6 is 0 Å². The van der Waals surface area contributed by atoms with Crippen molar-refractivity contribution in [1.82, 2.24) is 0 Å². The Balaban J connectivity index is 2.37. The Hall–Kier alpha value is -1.12. The summed E-state index contributed by atoms with van der Waals surface area (Å²) < 4.78 is 25.2. The summed E-state index contributed by atoms with van der Waals surface area (Å²) in [7, 11) is 0. The first-order chi connectivity index (χ1) is 6.72. The molecule has 0 fully saturated rings. The van der Waals surface area contributed by atoms with Crippen molar-refractivity contribution in [3.63, 3.8) is 0 Å². The zero-order valence-corrected chi connectivity index (χ0v) is 8.06. The SMILES string of the molecule is CCc1ccc2c(c1)C(C(F)F)CN2. The fraction of sp³-hybridized carbons (Fsp3) is 0.455. The molecule has 0 amide bonds. The number of benzene rings is 1. The predicted octanol–water partition coefficient (Wildman–Crippen LogP) is 3.02. The van der Waals surface area contributed by atoms with Crippen molar-refractivity contribution in [2.24, 2.45) is 0 Å². The van der Waals surface area contributed by atoms with Crippen LogP contribution in [-0.4, -0.2) is 13.0 Å². The molecule has 0 aromatic heterocycles. The van der Waals surface area contributed by atoms with E-state index in [1.54, 1.807) is 0 Å². The van der Waals surface area contributed by atoms with Crippen molar-refractivity contribution in [3.8, 4) is 0 Å². The Labute approximate surface area is 82.1 Å². The highest BCUT2D eigenvalue weighted by Gasteiger charge is 2.29. The molecule has 1 aliphatic heterocycles. The molecule has 1 aliphatic rings. The van der Waals surface area contributed by atoms with Crippen LogP contribution in [0.25, 0.3) is 0 Å². The number of hydrogen-bond donors (Lipinski definition) is 1. The fourth-order valence-corrected chi connectivity index (χ4v) is 1.85. The van der Waals surface area contributed by atoms with E-state index in [-0.39, 0.29) is 0 Å². The van der Waals surface area contributed by atoms with E-state index in [0.29, 0.717) is 6.54 Å². The van der Waals surface area contributed by atoms with Gasteiger partial charge in [0.1, 0.15) is 0 Å². The van der Waals surface area contributed by atoms with Gasteiger partial charge in [0.2, 0.25) is 6.43 Å². The second kappa shape index (κ2) is 3.56. The maximum Gasteiger partial charge on any atom is 0.247 e. The average molecular weight is 197 g/mol. The molecular formula is C11H13F2N. The summed E-state index contributed by atoms with van der Waals surface area (Å²) in [5, 5.41) is 3.00. The van der Waals surface area contributed by atoms with Gasteiger partial charge < -0.3 is 5.32 Å². The minimum absolute atomic E-state index is 0.361. The molecule has 1 N–H and O–H groups in total. The lowest BCUT2D eigenvalue weighted by molar-refractivity contribution is 0.121. The number of anilines is 1.